The van der Waals surface area contributed by atoms with Crippen molar-refractivity contribution in [2.45, 2.75) is 0 Å². The van der Waals surface area contributed by atoms with Crippen molar-refractivity contribution < 1.29 is 4.79 Å². The molecule has 3 aromatic carbocycles. The first-order chi connectivity index (χ1) is 9.66. The molecular formula is C17H10BrClO. The van der Waals surface area contributed by atoms with Gasteiger partial charge in [-0.05, 0) is 44.9 Å². The van der Waals surface area contributed by atoms with E-state index in [4.69, 9.17) is 11.6 Å². The highest BCUT2D eigenvalue weighted by atomic mass is 79.9. The van der Waals surface area contributed by atoms with E-state index in [9.17, 15) is 4.79 Å². The molecule has 0 atom stereocenters. The van der Waals surface area contributed by atoms with Crippen molar-refractivity contribution in [3.8, 4) is 0 Å². The van der Waals surface area contributed by atoms with E-state index < -0.39 is 0 Å². The van der Waals surface area contributed by atoms with Crippen molar-refractivity contribution in [3.63, 3.8) is 0 Å². The van der Waals surface area contributed by atoms with Gasteiger partial charge in [-0.3, -0.25) is 4.79 Å². The molecule has 3 heteroatoms. The number of benzene rings is 3. The van der Waals surface area contributed by atoms with Crippen LogP contribution in [0, 0.1) is 0 Å². The Labute approximate surface area is 130 Å². The zero-order valence-corrected chi connectivity index (χ0v) is 12.8. The van der Waals surface area contributed by atoms with Gasteiger partial charge < -0.3 is 0 Å². The normalized spacial score (nSPS) is 10.7. The zero-order valence-electron chi connectivity index (χ0n) is 10.4. The Balaban J connectivity index is 2.18. The molecule has 0 saturated heterocycles. The fourth-order valence-electron chi connectivity index (χ4n) is 2.24. The highest BCUT2D eigenvalue weighted by Gasteiger charge is 2.15. The van der Waals surface area contributed by atoms with Gasteiger partial charge in [0.25, 0.3) is 0 Å². The minimum Gasteiger partial charge on any atom is -0.289 e. The summed E-state index contributed by atoms with van der Waals surface area (Å²) in [6.45, 7) is 0. The maximum absolute atomic E-state index is 12.7. The molecule has 98 valence electrons. The minimum absolute atomic E-state index is 0.00894. The lowest BCUT2D eigenvalue weighted by molar-refractivity contribution is 0.103. The SMILES string of the molecule is O=C(c1ccc(Cl)cc1Br)c1cccc2ccccc12. The van der Waals surface area contributed by atoms with Gasteiger partial charge in [-0.1, -0.05) is 54.1 Å². The average Bonchev–Trinajstić information content (AvgIpc) is 2.46. The topological polar surface area (TPSA) is 17.1 Å². The molecule has 0 unspecified atom stereocenters. The second-order valence-corrected chi connectivity index (χ2v) is 5.77. The van der Waals surface area contributed by atoms with Crippen LogP contribution in [0.3, 0.4) is 0 Å². The van der Waals surface area contributed by atoms with E-state index in [0.29, 0.717) is 20.6 Å². The van der Waals surface area contributed by atoms with Crippen LogP contribution in [0.25, 0.3) is 10.8 Å². The lowest BCUT2D eigenvalue weighted by atomic mass is 9.97. The van der Waals surface area contributed by atoms with Gasteiger partial charge in [-0.15, -0.1) is 0 Å². The predicted octanol–water partition coefficient (Wildman–Crippen LogP) is 5.49. The summed E-state index contributed by atoms with van der Waals surface area (Å²) in [5.41, 5.74) is 1.32. The van der Waals surface area contributed by atoms with Crippen LogP contribution in [0.15, 0.2) is 65.1 Å². The molecule has 0 N–H and O–H groups in total. The number of hydrogen-bond acceptors (Lipinski definition) is 1. The fraction of sp³-hybridized carbons (Fsp3) is 0. The van der Waals surface area contributed by atoms with E-state index in [-0.39, 0.29) is 5.78 Å². The summed E-state index contributed by atoms with van der Waals surface area (Å²) in [4.78, 5) is 12.7. The number of halogens is 2. The third-order valence-electron chi connectivity index (χ3n) is 3.21. The van der Waals surface area contributed by atoms with Crippen molar-refractivity contribution in [1.82, 2.24) is 0 Å². The molecule has 1 nitrogen and oxygen atoms in total. The first-order valence-electron chi connectivity index (χ1n) is 6.14. The molecule has 3 aromatic rings. The van der Waals surface area contributed by atoms with Gasteiger partial charge in [0, 0.05) is 20.6 Å². The maximum Gasteiger partial charge on any atom is 0.194 e. The average molecular weight is 346 g/mol. The first-order valence-corrected chi connectivity index (χ1v) is 7.31. The Hall–Kier alpha value is -1.64. The third-order valence-corrected chi connectivity index (χ3v) is 4.10. The van der Waals surface area contributed by atoms with Gasteiger partial charge in [-0.25, -0.2) is 0 Å². The minimum atomic E-state index is -0.00894. The van der Waals surface area contributed by atoms with Crippen LogP contribution in [0.1, 0.15) is 15.9 Å². The molecule has 0 aliphatic rings. The van der Waals surface area contributed by atoms with Gasteiger partial charge in [-0.2, -0.15) is 0 Å². The lowest BCUT2D eigenvalue weighted by Gasteiger charge is -2.07. The highest BCUT2D eigenvalue weighted by molar-refractivity contribution is 9.10. The van der Waals surface area contributed by atoms with E-state index >= 15 is 0 Å². The smallest absolute Gasteiger partial charge is 0.194 e. The zero-order chi connectivity index (χ0) is 14.1. The highest BCUT2D eigenvalue weighted by Crippen LogP contribution is 2.27. The van der Waals surface area contributed by atoms with Crippen molar-refractivity contribution in [2.24, 2.45) is 0 Å². The second-order valence-electron chi connectivity index (χ2n) is 4.48. The Kier molecular flexibility index (Phi) is 3.60. The van der Waals surface area contributed by atoms with Gasteiger partial charge in [0.1, 0.15) is 0 Å². The summed E-state index contributed by atoms with van der Waals surface area (Å²) < 4.78 is 0.711. The van der Waals surface area contributed by atoms with Gasteiger partial charge in [0.2, 0.25) is 0 Å². The maximum atomic E-state index is 12.7. The fourth-order valence-corrected chi connectivity index (χ4v) is 3.10. The first kappa shape index (κ1) is 13.3. The molecule has 0 aliphatic heterocycles. The van der Waals surface area contributed by atoms with E-state index in [1.807, 2.05) is 42.5 Å². The molecule has 0 fully saturated rings. The van der Waals surface area contributed by atoms with E-state index in [1.165, 1.54) is 0 Å². The Bertz CT molecular complexity index is 806. The molecular weight excluding hydrogens is 336 g/mol. The quantitative estimate of drug-likeness (QED) is 0.562. The Morgan fingerprint density at radius 1 is 0.900 bits per heavy atom. The second kappa shape index (κ2) is 5.39. The predicted molar refractivity (Wildman–Crippen MR) is 86.5 cm³/mol. The Morgan fingerprint density at radius 3 is 2.45 bits per heavy atom. The molecule has 0 heterocycles. The summed E-state index contributed by atoms with van der Waals surface area (Å²) in [7, 11) is 0. The summed E-state index contributed by atoms with van der Waals surface area (Å²) in [5, 5.41) is 2.62. The number of carbonyl (C=O) groups is 1. The molecule has 0 spiro atoms. The van der Waals surface area contributed by atoms with Crippen LogP contribution in [-0.2, 0) is 0 Å². The van der Waals surface area contributed by atoms with Crippen LogP contribution in [0.5, 0.6) is 0 Å². The third kappa shape index (κ3) is 2.37. The van der Waals surface area contributed by atoms with Crippen molar-refractivity contribution in [2.75, 3.05) is 0 Å². The largest absolute Gasteiger partial charge is 0.289 e. The summed E-state index contributed by atoms with van der Waals surface area (Å²) in [6, 6.07) is 18.8. The number of rotatable bonds is 2. The number of hydrogen-bond donors (Lipinski definition) is 0. The molecule has 3 rings (SSSR count). The van der Waals surface area contributed by atoms with Crippen molar-refractivity contribution in [3.05, 3.63) is 81.3 Å². The molecule has 20 heavy (non-hydrogen) atoms. The van der Waals surface area contributed by atoms with Crippen LogP contribution >= 0.6 is 27.5 Å². The molecule has 0 aliphatic carbocycles. The van der Waals surface area contributed by atoms with Gasteiger partial charge in [0.15, 0.2) is 5.78 Å². The van der Waals surface area contributed by atoms with E-state index in [1.54, 1.807) is 18.2 Å². The van der Waals surface area contributed by atoms with Crippen molar-refractivity contribution in [1.29, 1.82) is 0 Å². The molecule has 0 saturated carbocycles. The number of fused-ring (bicyclic) bond motifs is 1. The number of carbonyl (C=O) groups excluding carboxylic acids is 1. The van der Waals surface area contributed by atoms with E-state index in [0.717, 1.165) is 10.8 Å². The number of ketones is 1. The van der Waals surface area contributed by atoms with Crippen LogP contribution in [0.4, 0.5) is 0 Å². The van der Waals surface area contributed by atoms with Crippen LogP contribution < -0.4 is 0 Å². The molecule has 0 aromatic heterocycles. The van der Waals surface area contributed by atoms with Crippen LogP contribution in [0.2, 0.25) is 5.02 Å². The molecule has 0 amide bonds. The monoisotopic (exact) mass is 344 g/mol. The van der Waals surface area contributed by atoms with Crippen molar-refractivity contribution >= 4 is 44.1 Å². The lowest BCUT2D eigenvalue weighted by Crippen LogP contribution is -2.03. The van der Waals surface area contributed by atoms with E-state index in [2.05, 4.69) is 15.9 Å². The molecule has 0 radical (unpaired) electrons. The van der Waals surface area contributed by atoms with Crippen LogP contribution in [-0.4, -0.2) is 5.78 Å². The standard InChI is InChI=1S/C17H10BrClO/c18-16-10-12(19)8-9-15(16)17(20)14-7-3-5-11-4-1-2-6-13(11)14/h1-10H. The van der Waals surface area contributed by atoms with Gasteiger partial charge in [0.05, 0.1) is 0 Å². The molecule has 0 bridgehead atoms. The summed E-state index contributed by atoms with van der Waals surface area (Å²) in [6.07, 6.45) is 0. The summed E-state index contributed by atoms with van der Waals surface area (Å²) >= 11 is 9.33. The van der Waals surface area contributed by atoms with Gasteiger partial charge >= 0.3 is 0 Å². The summed E-state index contributed by atoms with van der Waals surface area (Å²) in [5.74, 6) is -0.00894. The Morgan fingerprint density at radius 2 is 1.65 bits per heavy atom.